The monoisotopic (exact) mass is 562 g/mol. The fourth-order valence-corrected chi connectivity index (χ4v) is 4.78. The molecule has 0 bridgehead atoms. The van der Waals surface area contributed by atoms with Crippen molar-refractivity contribution in [3.05, 3.63) is 59.8 Å². The molecule has 0 unspecified atom stereocenters. The molecule has 2 aliphatic rings. The number of aromatic nitrogens is 1. The molecule has 0 spiro atoms. The van der Waals surface area contributed by atoms with Gasteiger partial charge in [0.1, 0.15) is 5.82 Å². The first-order valence-electron chi connectivity index (χ1n) is 12.2. The van der Waals surface area contributed by atoms with Gasteiger partial charge in [0, 0.05) is 45.5 Å². The van der Waals surface area contributed by atoms with Crippen molar-refractivity contribution in [3.8, 4) is 0 Å². The molecule has 0 radical (unpaired) electrons. The molecule has 2 aromatic rings. The van der Waals surface area contributed by atoms with E-state index >= 15 is 0 Å². The Labute approximate surface area is 216 Å². The molecule has 33 heavy (non-hydrogen) atoms. The lowest BCUT2D eigenvalue weighted by Crippen LogP contribution is -2.48. The Balaban J connectivity index is 0.00000306. The van der Waals surface area contributed by atoms with Crippen molar-refractivity contribution in [3.63, 3.8) is 0 Å². The van der Waals surface area contributed by atoms with E-state index < -0.39 is 0 Å². The van der Waals surface area contributed by atoms with Crippen LogP contribution in [-0.4, -0.2) is 55.1 Å². The van der Waals surface area contributed by atoms with Crippen molar-refractivity contribution >= 4 is 35.8 Å². The van der Waals surface area contributed by atoms with E-state index in [0.717, 1.165) is 50.8 Å². The number of nitrogens with one attached hydrogen (secondary N) is 2. The molecule has 0 saturated carbocycles. The molecule has 2 saturated heterocycles. The van der Waals surface area contributed by atoms with E-state index in [1.807, 2.05) is 19.3 Å². The third kappa shape index (κ3) is 7.84. The molecule has 0 amide bonds. The molecule has 1 aromatic carbocycles. The van der Waals surface area contributed by atoms with Gasteiger partial charge in [-0.25, -0.2) is 4.98 Å². The highest BCUT2D eigenvalue weighted by molar-refractivity contribution is 14.0. The molecule has 0 atom stereocenters. The summed E-state index contributed by atoms with van der Waals surface area (Å²) in [6.45, 7) is 6.34. The van der Waals surface area contributed by atoms with Crippen molar-refractivity contribution in [2.24, 2.45) is 4.99 Å². The Bertz CT molecular complexity index is 843. The van der Waals surface area contributed by atoms with Gasteiger partial charge < -0.3 is 15.5 Å². The minimum Gasteiger partial charge on any atom is -0.356 e. The topological polar surface area (TPSA) is 55.8 Å². The molecule has 4 rings (SSSR count). The number of rotatable bonds is 6. The maximum Gasteiger partial charge on any atom is 0.191 e. The van der Waals surface area contributed by atoms with Crippen LogP contribution in [0.25, 0.3) is 0 Å². The van der Waals surface area contributed by atoms with Gasteiger partial charge in [0.05, 0.1) is 0 Å². The minimum atomic E-state index is 0. The molecule has 6 nitrogen and oxygen atoms in total. The van der Waals surface area contributed by atoms with E-state index in [1.54, 1.807) is 0 Å². The highest BCUT2D eigenvalue weighted by Crippen LogP contribution is 2.18. The van der Waals surface area contributed by atoms with E-state index in [-0.39, 0.29) is 24.0 Å². The highest BCUT2D eigenvalue weighted by Gasteiger charge is 2.21. The summed E-state index contributed by atoms with van der Waals surface area (Å²) >= 11 is 0. The Morgan fingerprint density at radius 3 is 2.30 bits per heavy atom. The van der Waals surface area contributed by atoms with E-state index in [9.17, 15) is 0 Å². The van der Waals surface area contributed by atoms with Gasteiger partial charge in [-0.2, -0.15) is 0 Å². The molecule has 0 aliphatic carbocycles. The number of likely N-dealkylation sites (tertiary alicyclic amines) is 1. The van der Waals surface area contributed by atoms with Gasteiger partial charge in [0.25, 0.3) is 0 Å². The van der Waals surface area contributed by atoms with Crippen LogP contribution < -0.4 is 15.5 Å². The second-order valence-electron chi connectivity index (χ2n) is 8.98. The summed E-state index contributed by atoms with van der Waals surface area (Å²) in [6, 6.07) is 15.4. The van der Waals surface area contributed by atoms with E-state index in [0.29, 0.717) is 6.04 Å². The summed E-state index contributed by atoms with van der Waals surface area (Å²) in [6.07, 6.45) is 9.46. The fourth-order valence-electron chi connectivity index (χ4n) is 4.78. The van der Waals surface area contributed by atoms with Crippen LogP contribution in [0, 0.1) is 0 Å². The highest BCUT2D eigenvalue weighted by atomic mass is 127. The molecule has 2 fully saturated rings. The number of piperidine rings is 1. The van der Waals surface area contributed by atoms with Crippen LogP contribution >= 0.6 is 24.0 Å². The zero-order chi connectivity index (χ0) is 22.0. The zero-order valence-electron chi connectivity index (χ0n) is 19.9. The van der Waals surface area contributed by atoms with Gasteiger partial charge in [-0.05, 0) is 62.0 Å². The quantitative estimate of drug-likeness (QED) is 0.311. The van der Waals surface area contributed by atoms with Crippen LogP contribution in [0.2, 0.25) is 0 Å². The molecule has 3 heterocycles. The maximum absolute atomic E-state index is 4.49. The number of halogens is 1. The lowest BCUT2D eigenvalue weighted by molar-refractivity contribution is 0.276. The Kier molecular flexibility index (Phi) is 10.7. The lowest BCUT2D eigenvalue weighted by Gasteiger charge is -2.33. The van der Waals surface area contributed by atoms with Gasteiger partial charge in [0.2, 0.25) is 0 Å². The van der Waals surface area contributed by atoms with Gasteiger partial charge in [-0.3, -0.25) is 9.89 Å². The Morgan fingerprint density at radius 2 is 1.64 bits per heavy atom. The van der Waals surface area contributed by atoms with Crippen molar-refractivity contribution in [1.82, 2.24) is 20.5 Å². The smallest absolute Gasteiger partial charge is 0.191 e. The minimum absolute atomic E-state index is 0. The van der Waals surface area contributed by atoms with Crippen molar-refractivity contribution in [1.29, 1.82) is 0 Å². The summed E-state index contributed by atoms with van der Waals surface area (Å²) in [5.41, 5.74) is 2.80. The summed E-state index contributed by atoms with van der Waals surface area (Å²) in [5, 5.41) is 7.20. The van der Waals surface area contributed by atoms with Gasteiger partial charge >= 0.3 is 0 Å². The van der Waals surface area contributed by atoms with E-state index in [4.69, 9.17) is 0 Å². The summed E-state index contributed by atoms with van der Waals surface area (Å²) < 4.78 is 0. The number of guanidine groups is 1. The summed E-state index contributed by atoms with van der Waals surface area (Å²) in [4.78, 5) is 14.0. The number of pyridine rings is 1. The standard InChI is InChI=1S/C26H38N6.HI/c1-27-26(30-24-13-18-32(19-14-24)25-12-6-7-15-28-25)29-20-22-10-4-5-11-23(22)21-31-16-8-2-3-9-17-31;/h4-7,10-12,15,24H,2-3,8-9,13-14,16-21H2,1H3,(H2,27,29,30);1H. The molecule has 1 aromatic heterocycles. The van der Waals surface area contributed by atoms with Gasteiger partial charge in [-0.15, -0.1) is 24.0 Å². The van der Waals surface area contributed by atoms with Crippen LogP contribution in [0.15, 0.2) is 53.7 Å². The average molecular weight is 563 g/mol. The van der Waals surface area contributed by atoms with Gasteiger partial charge in [0.15, 0.2) is 5.96 Å². The first-order valence-corrected chi connectivity index (χ1v) is 12.2. The zero-order valence-corrected chi connectivity index (χ0v) is 22.2. The molecule has 2 aliphatic heterocycles. The molecule has 7 heteroatoms. The normalized spacial score (nSPS) is 18.3. The number of benzene rings is 1. The molecule has 2 N–H and O–H groups in total. The second kappa shape index (κ2) is 13.7. The largest absolute Gasteiger partial charge is 0.356 e. The van der Waals surface area contributed by atoms with Crippen molar-refractivity contribution < 1.29 is 0 Å². The van der Waals surface area contributed by atoms with Crippen LogP contribution in [0.4, 0.5) is 5.82 Å². The predicted molar refractivity (Wildman–Crippen MR) is 148 cm³/mol. The maximum atomic E-state index is 4.49. The third-order valence-corrected chi connectivity index (χ3v) is 6.69. The number of nitrogens with zero attached hydrogens (tertiary/aromatic N) is 4. The van der Waals surface area contributed by atoms with E-state index in [2.05, 4.69) is 66.8 Å². The number of aliphatic imine (C=N–C) groups is 1. The van der Waals surface area contributed by atoms with Crippen molar-refractivity contribution in [2.45, 2.75) is 57.7 Å². The fraction of sp³-hybridized carbons (Fsp3) is 0.538. The van der Waals surface area contributed by atoms with Crippen molar-refractivity contribution in [2.75, 3.05) is 38.1 Å². The lowest BCUT2D eigenvalue weighted by atomic mass is 10.1. The predicted octanol–water partition coefficient (Wildman–Crippen LogP) is 4.41. The van der Waals surface area contributed by atoms with Gasteiger partial charge in [-0.1, -0.05) is 43.2 Å². The number of hydrogen-bond acceptors (Lipinski definition) is 4. The number of anilines is 1. The summed E-state index contributed by atoms with van der Waals surface area (Å²) in [5.74, 6) is 1.97. The molecular weight excluding hydrogens is 523 g/mol. The SMILES string of the molecule is CN=C(NCc1ccccc1CN1CCCCCC1)NC1CCN(c2ccccn2)CC1.I. The second-order valence-corrected chi connectivity index (χ2v) is 8.98. The number of hydrogen-bond donors (Lipinski definition) is 2. The molecule has 180 valence electrons. The van der Waals surface area contributed by atoms with E-state index in [1.165, 1.54) is 49.9 Å². The van der Waals surface area contributed by atoms with Crippen LogP contribution in [0.5, 0.6) is 0 Å². The molecular formula is C26H39IN6. The van der Waals surface area contributed by atoms with Crippen LogP contribution in [0.3, 0.4) is 0 Å². The summed E-state index contributed by atoms with van der Waals surface area (Å²) in [7, 11) is 1.86. The van der Waals surface area contributed by atoms with Crippen LogP contribution in [-0.2, 0) is 13.1 Å². The third-order valence-electron chi connectivity index (χ3n) is 6.69. The first-order chi connectivity index (χ1) is 15.8. The first kappa shape index (κ1) is 25.7. The average Bonchev–Trinajstić information content (AvgIpc) is 3.12. The Hall–Kier alpha value is -1.87. The Morgan fingerprint density at radius 1 is 0.939 bits per heavy atom. The van der Waals surface area contributed by atoms with Crippen LogP contribution in [0.1, 0.15) is 49.7 Å².